The molecule has 2 unspecified atom stereocenters. The van der Waals surface area contributed by atoms with Gasteiger partial charge in [0.1, 0.15) is 0 Å². The van der Waals surface area contributed by atoms with Crippen molar-refractivity contribution in [1.82, 2.24) is 0 Å². The van der Waals surface area contributed by atoms with Gasteiger partial charge in [0.15, 0.2) is 18.0 Å². The molecule has 4 heterocycles. The molecule has 8 atom stereocenters. The fourth-order valence-corrected chi connectivity index (χ4v) is 5.19. The van der Waals surface area contributed by atoms with Crippen LogP contribution in [0.3, 0.4) is 0 Å². The predicted molar refractivity (Wildman–Crippen MR) is 74.5 cm³/mol. The minimum Gasteiger partial charge on any atom is -0.479 e. The maximum atomic E-state index is 11.6. The highest BCUT2D eigenvalue weighted by Gasteiger charge is 2.69. The highest BCUT2D eigenvalue weighted by molar-refractivity contribution is 5.73. The molecule has 5 fully saturated rings. The van der Waals surface area contributed by atoms with E-state index in [0.29, 0.717) is 5.92 Å². The lowest BCUT2D eigenvalue weighted by molar-refractivity contribution is -0.569. The molecule has 0 aromatic carbocycles. The molecule has 0 radical (unpaired) electrons. The highest BCUT2D eigenvalue weighted by atomic mass is 17.3. The van der Waals surface area contributed by atoms with Crippen LogP contribution in [0.25, 0.3) is 0 Å². The first-order valence-electron chi connectivity index (χ1n) is 8.30. The van der Waals surface area contributed by atoms with Gasteiger partial charge in [0.25, 0.3) is 0 Å². The summed E-state index contributed by atoms with van der Waals surface area (Å²) in [7, 11) is 0. The molecule has 1 saturated carbocycles. The lowest BCUT2D eigenvalue weighted by Crippen LogP contribution is -2.71. The van der Waals surface area contributed by atoms with E-state index in [1.165, 1.54) is 0 Å². The number of fused-ring (bicyclic) bond motifs is 2. The van der Waals surface area contributed by atoms with Crippen LogP contribution in [0, 0.1) is 23.7 Å². The third-order valence-corrected chi connectivity index (χ3v) is 6.40. The van der Waals surface area contributed by atoms with Gasteiger partial charge >= 0.3 is 5.97 Å². The van der Waals surface area contributed by atoms with Gasteiger partial charge in [-0.25, -0.2) is 14.6 Å². The minimum absolute atomic E-state index is 0.0798. The molecule has 0 aromatic rings. The van der Waals surface area contributed by atoms with Crippen LogP contribution in [0.5, 0.6) is 0 Å². The van der Waals surface area contributed by atoms with Crippen molar-refractivity contribution < 1.29 is 29.1 Å². The largest absolute Gasteiger partial charge is 0.479 e. The number of carboxylic acid groups (broad SMARTS) is 1. The summed E-state index contributed by atoms with van der Waals surface area (Å²) in [6, 6.07) is 0. The average Bonchev–Trinajstić information content (AvgIpc) is 2.69. The standard InChI is InChI=1S/C16H24O6/c1-8-4-5-11-9(2)12(13(17)18)19-14-16(11)10(8)6-7-15(3,20-14)21-22-16/h8-12,14H,4-7H2,1-3H3,(H,17,18)/t8-,9-,10?,11?,12-,14-,15+,16-/m1/s1. The second-order valence-corrected chi connectivity index (χ2v) is 7.66. The van der Waals surface area contributed by atoms with Gasteiger partial charge in [-0.05, 0) is 43.9 Å². The lowest BCUT2D eigenvalue weighted by atomic mass is 9.57. The van der Waals surface area contributed by atoms with Crippen molar-refractivity contribution >= 4 is 5.97 Å². The van der Waals surface area contributed by atoms with Crippen LogP contribution in [0.15, 0.2) is 0 Å². The topological polar surface area (TPSA) is 74.2 Å². The second-order valence-electron chi connectivity index (χ2n) is 7.66. The summed E-state index contributed by atoms with van der Waals surface area (Å²) in [6.07, 6.45) is 2.19. The van der Waals surface area contributed by atoms with Crippen LogP contribution >= 0.6 is 0 Å². The van der Waals surface area contributed by atoms with Crippen molar-refractivity contribution in [3.05, 3.63) is 0 Å². The molecule has 22 heavy (non-hydrogen) atoms. The fraction of sp³-hybridized carbons (Fsp3) is 0.938. The third kappa shape index (κ3) is 1.78. The predicted octanol–water partition coefficient (Wildman–Crippen LogP) is 2.32. The van der Waals surface area contributed by atoms with E-state index in [9.17, 15) is 9.90 Å². The number of aliphatic carboxylic acids is 1. The molecule has 124 valence electrons. The summed E-state index contributed by atoms with van der Waals surface area (Å²) in [4.78, 5) is 23.2. The van der Waals surface area contributed by atoms with Crippen LogP contribution in [-0.4, -0.2) is 34.9 Å². The van der Waals surface area contributed by atoms with Gasteiger partial charge in [-0.2, -0.15) is 0 Å². The van der Waals surface area contributed by atoms with Crippen molar-refractivity contribution in [1.29, 1.82) is 0 Å². The Morgan fingerprint density at radius 3 is 2.64 bits per heavy atom. The maximum Gasteiger partial charge on any atom is 0.333 e. The zero-order valence-electron chi connectivity index (χ0n) is 13.3. The van der Waals surface area contributed by atoms with Gasteiger partial charge in [0, 0.05) is 12.3 Å². The highest BCUT2D eigenvalue weighted by Crippen LogP contribution is 2.60. The van der Waals surface area contributed by atoms with E-state index < -0.39 is 29.8 Å². The summed E-state index contributed by atoms with van der Waals surface area (Å²) >= 11 is 0. The number of hydrogen-bond donors (Lipinski definition) is 1. The number of hydrogen-bond acceptors (Lipinski definition) is 5. The van der Waals surface area contributed by atoms with Crippen molar-refractivity contribution in [2.45, 2.75) is 70.2 Å². The van der Waals surface area contributed by atoms with Crippen LogP contribution in [-0.2, 0) is 24.0 Å². The molecule has 1 N–H and O–H groups in total. The van der Waals surface area contributed by atoms with E-state index in [-0.39, 0.29) is 17.8 Å². The van der Waals surface area contributed by atoms with Crippen molar-refractivity contribution in [2.24, 2.45) is 23.7 Å². The van der Waals surface area contributed by atoms with E-state index in [1.54, 1.807) is 0 Å². The summed E-state index contributed by atoms with van der Waals surface area (Å²) in [5.74, 6) is -1.05. The summed E-state index contributed by atoms with van der Waals surface area (Å²) in [6.45, 7) is 6.03. The summed E-state index contributed by atoms with van der Waals surface area (Å²) in [5, 5.41) is 9.50. The molecular formula is C16H24O6. The normalized spacial score (nSPS) is 57.0. The van der Waals surface area contributed by atoms with Gasteiger partial charge in [0.05, 0.1) is 0 Å². The van der Waals surface area contributed by atoms with Crippen molar-refractivity contribution in [3.63, 3.8) is 0 Å². The zero-order valence-corrected chi connectivity index (χ0v) is 13.3. The molecule has 4 saturated heterocycles. The Hall–Kier alpha value is -0.690. The Bertz CT molecular complexity index is 495. The lowest BCUT2D eigenvalue weighted by Gasteiger charge is -2.59. The molecule has 6 heteroatoms. The minimum atomic E-state index is -0.924. The Balaban J connectivity index is 1.80. The third-order valence-electron chi connectivity index (χ3n) is 6.40. The first kappa shape index (κ1) is 14.9. The molecular weight excluding hydrogens is 288 g/mol. The van der Waals surface area contributed by atoms with E-state index >= 15 is 0 Å². The van der Waals surface area contributed by atoms with Gasteiger partial charge in [0.2, 0.25) is 5.79 Å². The van der Waals surface area contributed by atoms with E-state index in [2.05, 4.69) is 6.92 Å². The van der Waals surface area contributed by atoms with Crippen molar-refractivity contribution in [3.8, 4) is 0 Å². The molecule has 0 amide bonds. The maximum absolute atomic E-state index is 11.6. The average molecular weight is 312 g/mol. The Labute approximate surface area is 130 Å². The zero-order chi connectivity index (χ0) is 15.7. The summed E-state index contributed by atoms with van der Waals surface area (Å²) in [5.41, 5.74) is -0.668. The number of carbonyl (C=O) groups is 1. The fourth-order valence-electron chi connectivity index (χ4n) is 5.19. The van der Waals surface area contributed by atoms with E-state index in [4.69, 9.17) is 19.2 Å². The Morgan fingerprint density at radius 2 is 1.91 bits per heavy atom. The first-order chi connectivity index (χ1) is 10.4. The molecule has 6 nitrogen and oxygen atoms in total. The van der Waals surface area contributed by atoms with Crippen LogP contribution < -0.4 is 0 Å². The number of ether oxygens (including phenoxy) is 2. The quantitative estimate of drug-likeness (QED) is 0.749. The van der Waals surface area contributed by atoms with Crippen LogP contribution in [0.1, 0.15) is 46.5 Å². The van der Waals surface area contributed by atoms with Gasteiger partial charge in [-0.1, -0.05) is 13.8 Å². The Morgan fingerprint density at radius 1 is 1.14 bits per heavy atom. The van der Waals surface area contributed by atoms with E-state index in [0.717, 1.165) is 25.7 Å². The van der Waals surface area contributed by atoms with Gasteiger partial charge in [-0.15, -0.1) is 0 Å². The monoisotopic (exact) mass is 312 g/mol. The number of carboxylic acids is 1. The van der Waals surface area contributed by atoms with Crippen LogP contribution in [0.2, 0.25) is 0 Å². The van der Waals surface area contributed by atoms with Crippen molar-refractivity contribution in [2.75, 3.05) is 0 Å². The molecule has 4 aliphatic heterocycles. The molecule has 2 bridgehead atoms. The molecule has 1 aliphatic carbocycles. The first-order valence-corrected chi connectivity index (χ1v) is 8.30. The van der Waals surface area contributed by atoms with Gasteiger partial charge in [-0.3, -0.25) is 0 Å². The molecule has 0 aromatic heterocycles. The Kier molecular flexibility index (Phi) is 3.15. The molecule has 5 aliphatic rings. The van der Waals surface area contributed by atoms with Gasteiger partial charge < -0.3 is 14.6 Å². The molecule has 1 spiro atoms. The van der Waals surface area contributed by atoms with E-state index in [1.807, 2.05) is 13.8 Å². The second kappa shape index (κ2) is 4.66. The smallest absolute Gasteiger partial charge is 0.333 e. The number of rotatable bonds is 1. The molecule has 5 rings (SSSR count). The SMILES string of the molecule is C[C@@H]1CCC2[C@@H](C)[C@H](C(=O)O)O[C@@H]3O[C@]4(C)CCC1[C@@]23OO4. The van der Waals surface area contributed by atoms with Crippen LogP contribution in [0.4, 0.5) is 0 Å². The summed E-state index contributed by atoms with van der Waals surface area (Å²) < 4.78 is 12.0.